The van der Waals surface area contributed by atoms with Gasteiger partial charge in [-0.2, -0.15) is 6.92 Å². The molecule has 0 amide bonds. The predicted octanol–water partition coefficient (Wildman–Crippen LogP) is 5.72. The van der Waals surface area contributed by atoms with Crippen molar-refractivity contribution in [3.8, 4) is 5.75 Å². The minimum Gasteiger partial charge on any atom is -0.192 e. The van der Waals surface area contributed by atoms with Crippen LogP contribution in [0.4, 0.5) is 0 Å². The monoisotopic (exact) mass is 707 g/mol. The van der Waals surface area contributed by atoms with Gasteiger partial charge in [0.2, 0.25) is 0 Å². The second kappa shape index (κ2) is 14.4. The van der Waals surface area contributed by atoms with Crippen LogP contribution in [0.5, 0.6) is 5.75 Å². The van der Waals surface area contributed by atoms with E-state index in [1.807, 2.05) is 19.9 Å². The van der Waals surface area contributed by atoms with E-state index in [1.54, 1.807) is 0 Å². The maximum absolute atomic E-state index is 10.2. The van der Waals surface area contributed by atoms with Crippen LogP contribution < -0.4 is 0 Å². The van der Waals surface area contributed by atoms with Crippen molar-refractivity contribution in [3.63, 3.8) is 0 Å². The van der Waals surface area contributed by atoms with Crippen LogP contribution in [0.25, 0.3) is 0 Å². The van der Waals surface area contributed by atoms with Crippen molar-refractivity contribution in [3.05, 3.63) is 58.3 Å². The molecule has 0 spiro atoms. The van der Waals surface area contributed by atoms with E-state index in [2.05, 4.69) is 42.5 Å². The maximum atomic E-state index is 10.2. The van der Waals surface area contributed by atoms with E-state index < -0.39 is 0 Å². The quantitative estimate of drug-likeness (QED) is 0.219. The zero-order valence-corrected chi connectivity index (χ0v) is 22.5. The predicted molar refractivity (Wildman–Crippen MR) is 106 cm³/mol. The van der Waals surface area contributed by atoms with E-state index in [1.165, 1.54) is 30.4 Å². The molecule has 0 saturated heterocycles. The van der Waals surface area contributed by atoms with Gasteiger partial charge in [0.1, 0.15) is 0 Å². The zero-order valence-electron chi connectivity index (χ0n) is 15.9. The Bertz CT molecular complexity index is 513. The minimum absolute atomic E-state index is 0. The van der Waals surface area contributed by atoms with Crippen molar-refractivity contribution >= 4 is 25.8 Å². The molecule has 1 aliphatic carbocycles. The van der Waals surface area contributed by atoms with Crippen LogP contribution in [0.1, 0.15) is 69.1 Å². The van der Waals surface area contributed by atoms with Crippen LogP contribution in [0.15, 0.2) is 21.8 Å². The van der Waals surface area contributed by atoms with Gasteiger partial charge in [-0.1, -0.05) is 13.8 Å². The molecule has 2 rings (SSSR count). The Morgan fingerprint density at radius 1 is 1.32 bits per heavy atom. The van der Waals surface area contributed by atoms with Gasteiger partial charge in [-0.15, -0.1) is 0 Å². The van der Waals surface area contributed by atoms with Gasteiger partial charge in [0, 0.05) is 20.4 Å². The molecular formula is C22H32OPbRe-3. The molecule has 25 heavy (non-hydrogen) atoms. The fourth-order valence-corrected chi connectivity index (χ4v) is 3.95. The molecule has 2 atom stereocenters. The first-order chi connectivity index (χ1) is 11.7. The van der Waals surface area contributed by atoms with Crippen molar-refractivity contribution < 1.29 is 25.5 Å². The average molecular weight is 706 g/mol. The zero-order chi connectivity index (χ0) is 17.9. The molecule has 1 nitrogen and oxygen atoms in total. The summed E-state index contributed by atoms with van der Waals surface area (Å²) in [6.45, 7) is 10.3. The number of rotatable bonds is 7. The summed E-state index contributed by atoms with van der Waals surface area (Å²) in [6.07, 6.45) is 13.3. The first kappa shape index (κ1) is 25.3. The second-order valence-corrected chi connectivity index (χ2v) is 7.40. The number of hydrogen-bond donors (Lipinski definition) is 1. The van der Waals surface area contributed by atoms with E-state index in [9.17, 15) is 5.11 Å². The third-order valence-electron chi connectivity index (χ3n) is 4.70. The van der Waals surface area contributed by atoms with Crippen molar-refractivity contribution in [1.29, 1.82) is 0 Å². The van der Waals surface area contributed by atoms with Gasteiger partial charge in [-0.3, -0.25) is 0 Å². The van der Waals surface area contributed by atoms with Gasteiger partial charge in [0.15, 0.2) is 0 Å². The van der Waals surface area contributed by atoms with Crippen molar-refractivity contribution in [2.75, 3.05) is 0 Å². The molecule has 1 aromatic carbocycles. The number of phenols is 1. The number of unbranched alkanes of at least 4 members (excludes halogenated alkanes) is 2. The van der Waals surface area contributed by atoms with Crippen molar-refractivity contribution in [2.45, 2.75) is 65.2 Å². The number of hydrogen-bond acceptors (Lipinski definition) is 1. The fourth-order valence-electron chi connectivity index (χ4n) is 3.49. The molecular weight excluding hydrogens is 674 g/mol. The molecule has 1 N–H and O–H groups in total. The molecule has 1 aromatic rings. The van der Waals surface area contributed by atoms with Gasteiger partial charge in [0.05, 0.1) is 0 Å². The van der Waals surface area contributed by atoms with E-state index >= 15 is 0 Å². The Hall–Kier alpha value is 0.344. The van der Waals surface area contributed by atoms with Crippen LogP contribution >= 0.6 is 0 Å². The van der Waals surface area contributed by atoms with E-state index in [-0.39, 0.29) is 20.4 Å². The Morgan fingerprint density at radius 2 is 2.04 bits per heavy atom. The van der Waals surface area contributed by atoms with Crippen LogP contribution in [0.2, 0.25) is 0 Å². The van der Waals surface area contributed by atoms with Gasteiger partial charge in [-0.25, -0.2) is 0 Å². The number of aromatic hydroxyl groups is 1. The molecule has 0 bridgehead atoms. The topological polar surface area (TPSA) is 20.2 Å². The number of aryl methyl sites for hydroxylation is 1. The van der Waals surface area contributed by atoms with Crippen molar-refractivity contribution in [2.24, 2.45) is 5.92 Å². The summed E-state index contributed by atoms with van der Waals surface area (Å²) >= 11 is 1.07. The summed E-state index contributed by atoms with van der Waals surface area (Å²) in [4.78, 5) is 0. The molecule has 0 heterocycles. The SMILES string of the molecule is CC.[CH2-]CC1c2cc(C/C=[CH]/[Pb])c(O)cc2CCC1[CH-]CC[CH-]C.[Re]. The summed E-state index contributed by atoms with van der Waals surface area (Å²) < 4.78 is 2.18. The standard InChI is InChI=1S/C20H26O.C2H6.Pb.Re/c1-4-7-8-10-15-11-12-16-14-20(21)17(9-5-2)13-19(16)18(15)6-3;1-2;;/h2,4-5,10,13-15,18,21H,3,6-9,11-12H2,1H3;1-2H3;;/q-3;;;. The van der Waals surface area contributed by atoms with Crippen LogP contribution in [0, 0.1) is 25.7 Å². The van der Waals surface area contributed by atoms with E-state index in [0.717, 1.165) is 50.6 Å². The average Bonchev–Trinajstić information content (AvgIpc) is 2.61. The molecule has 0 saturated carbocycles. The number of benzene rings is 1. The normalized spacial score (nSPS) is 18.9. The molecule has 0 aliphatic heterocycles. The summed E-state index contributed by atoms with van der Waals surface area (Å²) in [6, 6.07) is 4.25. The summed E-state index contributed by atoms with van der Waals surface area (Å²) in [5.74, 6) is 1.61. The van der Waals surface area contributed by atoms with Crippen molar-refractivity contribution in [1.82, 2.24) is 0 Å². The van der Waals surface area contributed by atoms with Crippen LogP contribution in [-0.4, -0.2) is 30.9 Å². The smallest absolute Gasteiger partial charge is 0.192 e. The number of phenolic OH excluding ortho intramolecular Hbond substituents is 1. The molecule has 0 aromatic heterocycles. The van der Waals surface area contributed by atoms with Gasteiger partial charge in [0.25, 0.3) is 0 Å². The molecule has 1 aliphatic rings. The first-order valence-electron chi connectivity index (χ1n) is 9.28. The summed E-state index contributed by atoms with van der Waals surface area (Å²) in [5.41, 5.74) is 3.82. The summed E-state index contributed by atoms with van der Waals surface area (Å²) in [5, 5.41) is 10.2. The first-order valence-corrected chi connectivity index (χ1v) is 11.5. The molecule has 140 valence electrons. The molecule has 4 radical (unpaired) electrons. The Kier molecular flexibility index (Phi) is 14.6. The van der Waals surface area contributed by atoms with Crippen LogP contribution in [0.3, 0.4) is 0 Å². The van der Waals surface area contributed by atoms with Gasteiger partial charge >= 0.3 is 145 Å². The second-order valence-electron chi connectivity index (χ2n) is 6.11. The molecule has 2 unspecified atom stereocenters. The van der Waals surface area contributed by atoms with E-state index in [4.69, 9.17) is 0 Å². The molecule has 0 fully saturated rings. The summed E-state index contributed by atoms with van der Waals surface area (Å²) in [7, 11) is 0. The molecule has 3 heteroatoms. The number of allylic oxidation sites excluding steroid dienone is 1. The third-order valence-corrected chi connectivity index (χ3v) is 5.61. The Labute approximate surface area is 185 Å². The van der Waals surface area contributed by atoms with Crippen LogP contribution in [-0.2, 0) is 33.3 Å². The number of fused-ring (bicyclic) bond motifs is 1. The van der Waals surface area contributed by atoms with E-state index in [0.29, 0.717) is 17.6 Å². The third kappa shape index (κ3) is 7.47. The van der Waals surface area contributed by atoms with Gasteiger partial charge < -0.3 is 0 Å². The van der Waals surface area contributed by atoms with Gasteiger partial charge in [-0.05, 0) is 0 Å². The fraction of sp³-hybridized carbons (Fsp3) is 0.500. The Morgan fingerprint density at radius 3 is 2.64 bits per heavy atom. The minimum atomic E-state index is 0. The Balaban J connectivity index is 0.00000185.